The van der Waals surface area contributed by atoms with Gasteiger partial charge < -0.3 is 5.11 Å². The Balaban J connectivity index is 2.59. The van der Waals surface area contributed by atoms with Gasteiger partial charge in [0.15, 0.2) is 11.6 Å². The van der Waals surface area contributed by atoms with Crippen LogP contribution >= 0.6 is 0 Å². The summed E-state index contributed by atoms with van der Waals surface area (Å²) in [7, 11) is -3.74. The fourth-order valence-corrected chi connectivity index (χ4v) is 2.11. The van der Waals surface area contributed by atoms with Gasteiger partial charge >= 0.3 is 5.97 Å². The van der Waals surface area contributed by atoms with Crippen molar-refractivity contribution in [3.8, 4) is 0 Å². The van der Waals surface area contributed by atoms with Gasteiger partial charge in [-0.05, 0) is 17.7 Å². The zero-order chi connectivity index (χ0) is 13.8. The molecule has 0 radical (unpaired) electrons. The molecule has 0 fully saturated rings. The van der Waals surface area contributed by atoms with Gasteiger partial charge in [-0.25, -0.2) is 21.9 Å². The molecular formula is C10H11F2NO4S. The molecule has 0 spiro atoms. The van der Waals surface area contributed by atoms with Crippen LogP contribution in [0.1, 0.15) is 12.0 Å². The highest BCUT2D eigenvalue weighted by atomic mass is 32.2. The van der Waals surface area contributed by atoms with Crippen LogP contribution in [0.3, 0.4) is 0 Å². The van der Waals surface area contributed by atoms with E-state index in [-0.39, 0.29) is 12.1 Å². The molecule has 0 aromatic heterocycles. The van der Waals surface area contributed by atoms with Gasteiger partial charge in [-0.15, -0.1) is 0 Å². The van der Waals surface area contributed by atoms with Crippen molar-refractivity contribution in [2.45, 2.75) is 13.0 Å². The molecule has 0 aliphatic carbocycles. The Morgan fingerprint density at radius 1 is 1.28 bits per heavy atom. The molecule has 0 amide bonds. The van der Waals surface area contributed by atoms with Gasteiger partial charge in [0.25, 0.3) is 0 Å². The van der Waals surface area contributed by atoms with Crippen molar-refractivity contribution in [2.75, 3.05) is 5.75 Å². The van der Waals surface area contributed by atoms with Gasteiger partial charge in [0.1, 0.15) is 0 Å². The molecule has 0 saturated carbocycles. The van der Waals surface area contributed by atoms with E-state index in [1.807, 2.05) is 0 Å². The Morgan fingerprint density at radius 2 is 1.94 bits per heavy atom. The van der Waals surface area contributed by atoms with Crippen molar-refractivity contribution >= 4 is 16.0 Å². The Labute approximate surface area is 102 Å². The number of carboxylic acids is 1. The predicted octanol–water partition coefficient (Wildman–Crippen LogP) is 0.859. The van der Waals surface area contributed by atoms with Crippen LogP contribution in [0.25, 0.3) is 0 Å². The van der Waals surface area contributed by atoms with Gasteiger partial charge in [-0.2, -0.15) is 0 Å². The van der Waals surface area contributed by atoms with Crippen LogP contribution in [0.2, 0.25) is 0 Å². The summed E-state index contributed by atoms with van der Waals surface area (Å²) in [4.78, 5) is 10.2. The number of hydrogen-bond donors (Lipinski definition) is 2. The second kappa shape index (κ2) is 5.87. The molecule has 0 aliphatic heterocycles. The van der Waals surface area contributed by atoms with E-state index in [0.29, 0.717) is 0 Å². The number of carboxylic acid groups (broad SMARTS) is 1. The van der Waals surface area contributed by atoms with Gasteiger partial charge in [-0.1, -0.05) is 6.07 Å². The Morgan fingerprint density at radius 3 is 2.50 bits per heavy atom. The van der Waals surface area contributed by atoms with Crippen molar-refractivity contribution in [1.29, 1.82) is 0 Å². The highest BCUT2D eigenvalue weighted by molar-refractivity contribution is 7.89. The minimum Gasteiger partial charge on any atom is -0.481 e. The first-order valence-corrected chi connectivity index (χ1v) is 6.58. The monoisotopic (exact) mass is 279 g/mol. The van der Waals surface area contributed by atoms with E-state index < -0.39 is 39.8 Å². The molecular weight excluding hydrogens is 268 g/mol. The van der Waals surface area contributed by atoms with Gasteiger partial charge in [0.05, 0.1) is 12.2 Å². The summed E-state index contributed by atoms with van der Waals surface area (Å²) in [5.41, 5.74) is 0.243. The lowest BCUT2D eigenvalue weighted by atomic mass is 10.2. The number of sulfonamides is 1. The lowest BCUT2D eigenvalue weighted by Crippen LogP contribution is -2.27. The van der Waals surface area contributed by atoms with Crippen molar-refractivity contribution in [2.24, 2.45) is 0 Å². The zero-order valence-electron chi connectivity index (χ0n) is 9.19. The number of aliphatic carboxylic acids is 1. The van der Waals surface area contributed by atoms with Crippen molar-refractivity contribution in [3.05, 3.63) is 35.4 Å². The highest BCUT2D eigenvalue weighted by Gasteiger charge is 2.12. The standard InChI is InChI=1S/C10H11F2NO4S/c11-8-2-1-7(5-9(8)12)6-13-18(16,17)4-3-10(14)15/h1-2,5,13H,3-4,6H2,(H,14,15). The number of benzene rings is 1. The number of hydrogen-bond acceptors (Lipinski definition) is 3. The second-order valence-corrected chi connectivity index (χ2v) is 5.46. The molecule has 2 N–H and O–H groups in total. The smallest absolute Gasteiger partial charge is 0.304 e. The quantitative estimate of drug-likeness (QED) is 0.809. The number of rotatable bonds is 6. The molecule has 0 heterocycles. The van der Waals surface area contributed by atoms with Gasteiger partial charge in [0.2, 0.25) is 10.0 Å². The SMILES string of the molecule is O=C(O)CCS(=O)(=O)NCc1ccc(F)c(F)c1. The highest BCUT2D eigenvalue weighted by Crippen LogP contribution is 2.08. The fraction of sp³-hybridized carbons (Fsp3) is 0.300. The Hall–Kier alpha value is -1.54. The molecule has 1 aromatic carbocycles. The third kappa shape index (κ3) is 4.76. The van der Waals surface area contributed by atoms with Crippen LogP contribution in [-0.4, -0.2) is 25.2 Å². The third-order valence-corrected chi connectivity index (χ3v) is 3.39. The molecule has 5 nitrogen and oxygen atoms in total. The molecule has 18 heavy (non-hydrogen) atoms. The molecule has 1 aromatic rings. The van der Waals surface area contributed by atoms with E-state index in [4.69, 9.17) is 5.11 Å². The Kier molecular flexibility index (Phi) is 4.74. The minimum atomic E-state index is -3.74. The van der Waals surface area contributed by atoms with Gasteiger partial charge in [0, 0.05) is 6.54 Å². The lowest BCUT2D eigenvalue weighted by Gasteiger charge is -2.06. The van der Waals surface area contributed by atoms with Crippen molar-refractivity contribution in [1.82, 2.24) is 4.72 Å². The molecule has 0 unspecified atom stereocenters. The van der Waals surface area contributed by atoms with Gasteiger partial charge in [-0.3, -0.25) is 4.79 Å². The second-order valence-electron chi connectivity index (χ2n) is 3.53. The molecule has 0 aliphatic rings. The summed E-state index contributed by atoms with van der Waals surface area (Å²) in [6.45, 7) is -0.223. The maximum Gasteiger partial charge on any atom is 0.304 e. The van der Waals surface area contributed by atoms with E-state index >= 15 is 0 Å². The topological polar surface area (TPSA) is 83.5 Å². The largest absolute Gasteiger partial charge is 0.481 e. The summed E-state index contributed by atoms with van der Waals surface area (Å²) >= 11 is 0. The number of halogens is 2. The van der Waals surface area contributed by atoms with Crippen LogP contribution in [0.4, 0.5) is 8.78 Å². The molecule has 0 bridgehead atoms. The first-order valence-electron chi connectivity index (χ1n) is 4.93. The third-order valence-electron chi connectivity index (χ3n) is 2.06. The zero-order valence-corrected chi connectivity index (χ0v) is 10.0. The van der Waals surface area contributed by atoms with Crippen LogP contribution in [0.5, 0.6) is 0 Å². The average Bonchev–Trinajstić information content (AvgIpc) is 2.28. The van der Waals surface area contributed by atoms with E-state index in [1.165, 1.54) is 6.07 Å². The summed E-state index contributed by atoms with van der Waals surface area (Å²) < 4.78 is 50.2. The molecule has 1 rings (SSSR count). The first kappa shape index (κ1) is 14.5. The first-order chi connectivity index (χ1) is 8.30. The fourth-order valence-electron chi connectivity index (χ4n) is 1.14. The normalized spacial score (nSPS) is 11.4. The van der Waals surface area contributed by atoms with Crippen LogP contribution in [-0.2, 0) is 21.4 Å². The summed E-state index contributed by atoms with van der Waals surface area (Å²) in [6, 6.07) is 2.99. The van der Waals surface area contributed by atoms with Crippen LogP contribution in [0, 0.1) is 11.6 Å². The summed E-state index contributed by atoms with van der Waals surface area (Å²) in [5.74, 6) is -3.88. The minimum absolute atomic E-state index is 0.223. The number of nitrogens with one attached hydrogen (secondary N) is 1. The van der Waals surface area contributed by atoms with E-state index in [9.17, 15) is 22.0 Å². The van der Waals surface area contributed by atoms with Crippen molar-refractivity contribution in [3.63, 3.8) is 0 Å². The number of carbonyl (C=O) groups is 1. The molecule has 100 valence electrons. The lowest BCUT2D eigenvalue weighted by molar-refractivity contribution is -0.136. The van der Waals surface area contributed by atoms with E-state index in [2.05, 4.69) is 4.72 Å². The van der Waals surface area contributed by atoms with Crippen LogP contribution < -0.4 is 4.72 Å². The van der Waals surface area contributed by atoms with Crippen LogP contribution in [0.15, 0.2) is 18.2 Å². The molecule has 8 heteroatoms. The maximum absolute atomic E-state index is 12.8. The average molecular weight is 279 g/mol. The molecule has 0 saturated heterocycles. The Bertz CT molecular complexity index is 545. The van der Waals surface area contributed by atoms with Crippen molar-refractivity contribution < 1.29 is 27.1 Å². The van der Waals surface area contributed by atoms with E-state index in [0.717, 1.165) is 12.1 Å². The molecule has 0 atom stereocenters. The summed E-state index contributed by atoms with van der Waals surface area (Å²) in [5, 5.41) is 8.35. The maximum atomic E-state index is 12.8. The predicted molar refractivity (Wildman–Crippen MR) is 59.2 cm³/mol. The summed E-state index contributed by atoms with van der Waals surface area (Å²) in [6.07, 6.45) is -0.521. The van der Waals surface area contributed by atoms with E-state index in [1.54, 1.807) is 0 Å².